The number of pyridine rings is 1. The van der Waals surface area contributed by atoms with Gasteiger partial charge in [-0.25, -0.2) is 4.98 Å². The molecule has 1 fully saturated rings. The average molecular weight is 299 g/mol. The molecular formula is C13H19BrN2O. The summed E-state index contributed by atoms with van der Waals surface area (Å²) in [5.74, 6) is 1.82. The molecule has 0 aromatic carbocycles. The van der Waals surface area contributed by atoms with Crippen molar-refractivity contribution in [3.63, 3.8) is 0 Å². The molecule has 1 saturated carbocycles. The number of aromatic nitrogens is 1. The van der Waals surface area contributed by atoms with Gasteiger partial charge in [0.2, 0.25) is 0 Å². The number of rotatable bonds is 6. The second-order valence-corrected chi connectivity index (χ2v) is 5.50. The van der Waals surface area contributed by atoms with E-state index < -0.39 is 0 Å². The zero-order chi connectivity index (χ0) is 12.3. The topological polar surface area (TPSA) is 25.4 Å². The molecule has 0 spiro atoms. The molecule has 0 amide bonds. The SMILES string of the molecule is Cc1ccnc(N(C)CCOCC2CC2)c1Br. The Morgan fingerprint density at radius 3 is 3.00 bits per heavy atom. The van der Waals surface area contributed by atoms with Gasteiger partial charge in [0.25, 0.3) is 0 Å². The molecule has 0 N–H and O–H groups in total. The van der Waals surface area contributed by atoms with Crippen LogP contribution in [-0.2, 0) is 4.74 Å². The molecule has 1 aliphatic carbocycles. The van der Waals surface area contributed by atoms with Crippen LogP contribution in [0.5, 0.6) is 0 Å². The summed E-state index contributed by atoms with van der Waals surface area (Å²) in [6.07, 6.45) is 4.54. The Morgan fingerprint density at radius 2 is 2.29 bits per heavy atom. The Morgan fingerprint density at radius 1 is 1.53 bits per heavy atom. The van der Waals surface area contributed by atoms with Gasteiger partial charge < -0.3 is 9.64 Å². The molecule has 0 bridgehead atoms. The van der Waals surface area contributed by atoms with Gasteiger partial charge in [-0.15, -0.1) is 0 Å². The number of likely N-dealkylation sites (N-methyl/N-ethyl adjacent to an activating group) is 1. The van der Waals surface area contributed by atoms with E-state index in [-0.39, 0.29) is 0 Å². The lowest BCUT2D eigenvalue weighted by Gasteiger charge is -2.20. The third kappa shape index (κ3) is 3.68. The Bertz CT molecular complexity index is 380. The van der Waals surface area contributed by atoms with E-state index >= 15 is 0 Å². The number of nitrogens with zero attached hydrogens (tertiary/aromatic N) is 2. The Hall–Kier alpha value is -0.610. The molecule has 1 heterocycles. The van der Waals surface area contributed by atoms with Crippen LogP contribution in [-0.4, -0.2) is 31.8 Å². The second-order valence-electron chi connectivity index (χ2n) is 4.71. The molecule has 1 aromatic rings. The molecule has 0 atom stereocenters. The maximum atomic E-state index is 5.64. The summed E-state index contributed by atoms with van der Waals surface area (Å²) in [6, 6.07) is 2.00. The van der Waals surface area contributed by atoms with Gasteiger partial charge in [0.15, 0.2) is 0 Å². The van der Waals surface area contributed by atoms with Crippen molar-refractivity contribution in [1.82, 2.24) is 4.98 Å². The molecule has 1 aliphatic rings. The Balaban J connectivity index is 1.81. The van der Waals surface area contributed by atoms with Crippen molar-refractivity contribution in [2.24, 2.45) is 5.92 Å². The first-order chi connectivity index (χ1) is 8.18. The molecule has 0 unspecified atom stereocenters. The standard InChI is InChI=1S/C13H19BrN2O/c1-10-5-6-15-13(12(10)14)16(2)7-8-17-9-11-3-4-11/h5-6,11H,3-4,7-9H2,1-2H3. The zero-order valence-electron chi connectivity index (χ0n) is 10.4. The highest BCUT2D eigenvalue weighted by Crippen LogP contribution is 2.29. The maximum Gasteiger partial charge on any atom is 0.142 e. The van der Waals surface area contributed by atoms with Crippen molar-refractivity contribution < 1.29 is 4.74 Å². The van der Waals surface area contributed by atoms with E-state index in [1.165, 1.54) is 18.4 Å². The van der Waals surface area contributed by atoms with Crippen molar-refractivity contribution in [2.45, 2.75) is 19.8 Å². The second kappa shape index (κ2) is 5.83. The predicted octanol–water partition coefficient (Wildman–Crippen LogP) is 3.02. The highest BCUT2D eigenvalue weighted by Gasteiger charge is 2.21. The first kappa shape index (κ1) is 12.8. The van der Waals surface area contributed by atoms with Crippen LogP contribution in [0.15, 0.2) is 16.7 Å². The van der Waals surface area contributed by atoms with Crippen molar-refractivity contribution >= 4 is 21.7 Å². The lowest BCUT2D eigenvalue weighted by Crippen LogP contribution is -2.24. The molecule has 0 aliphatic heterocycles. The lowest BCUT2D eigenvalue weighted by molar-refractivity contribution is 0.130. The number of halogens is 1. The van der Waals surface area contributed by atoms with Crippen LogP contribution in [0.25, 0.3) is 0 Å². The zero-order valence-corrected chi connectivity index (χ0v) is 12.0. The van der Waals surface area contributed by atoms with Crippen molar-refractivity contribution in [3.8, 4) is 0 Å². The fourth-order valence-corrected chi connectivity index (χ4v) is 2.17. The first-order valence-corrected chi connectivity index (χ1v) is 6.87. The van der Waals surface area contributed by atoms with Gasteiger partial charge in [-0.2, -0.15) is 0 Å². The Kier molecular flexibility index (Phi) is 4.40. The van der Waals surface area contributed by atoms with Crippen molar-refractivity contribution in [2.75, 3.05) is 31.7 Å². The van der Waals surface area contributed by atoms with Gasteiger partial charge >= 0.3 is 0 Å². The molecule has 0 radical (unpaired) electrons. The largest absolute Gasteiger partial charge is 0.379 e. The molecule has 0 saturated heterocycles. The van der Waals surface area contributed by atoms with Crippen LogP contribution in [0.3, 0.4) is 0 Å². The molecule has 94 valence electrons. The van der Waals surface area contributed by atoms with Crippen LogP contribution >= 0.6 is 15.9 Å². The highest BCUT2D eigenvalue weighted by atomic mass is 79.9. The van der Waals surface area contributed by atoms with Gasteiger partial charge in [-0.1, -0.05) is 0 Å². The van der Waals surface area contributed by atoms with Gasteiger partial charge in [-0.3, -0.25) is 0 Å². The highest BCUT2D eigenvalue weighted by molar-refractivity contribution is 9.10. The van der Waals surface area contributed by atoms with Gasteiger partial charge in [0.1, 0.15) is 5.82 Å². The summed E-state index contributed by atoms with van der Waals surface area (Å²) in [5, 5.41) is 0. The van der Waals surface area contributed by atoms with E-state index in [4.69, 9.17) is 4.74 Å². The molecule has 4 heteroatoms. The fraction of sp³-hybridized carbons (Fsp3) is 0.615. The summed E-state index contributed by atoms with van der Waals surface area (Å²) in [5.41, 5.74) is 1.21. The van der Waals surface area contributed by atoms with E-state index in [2.05, 4.69) is 32.7 Å². The minimum Gasteiger partial charge on any atom is -0.379 e. The van der Waals surface area contributed by atoms with Gasteiger partial charge in [0, 0.05) is 26.4 Å². The maximum absolute atomic E-state index is 5.64. The number of ether oxygens (including phenoxy) is 1. The summed E-state index contributed by atoms with van der Waals surface area (Å²) >= 11 is 3.58. The van der Waals surface area contributed by atoms with Crippen LogP contribution < -0.4 is 4.90 Å². The van der Waals surface area contributed by atoms with Crippen molar-refractivity contribution in [1.29, 1.82) is 0 Å². The fourth-order valence-electron chi connectivity index (χ4n) is 1.63. The monoisotopic (exact) mass is 298 g/mol. The summed E-state index contributed by atoms with van der Waals surface area (Å²) in [6.45, 7) is 4.65. The third-order valence-electron chi connectivity index (χ3n) is 3.05. The first-order valence-electron chi connectivity index (χ1n) is 6.08. The summed E-state index contributed by atoms with van der Waals surface area (Å²) in [7, 11) is 2.05. The summed E-state index contributed by atoms with van der Waals surface area (Å²) < 4.78 is 6.71. The quantitative estimate of drug-likeness (QED) is 0.755. The minimum atomic E-state index is 0.773. The molecule has 17 heavy (non-hydrogen) atoms. The van der Waals surface area contributed by atoms with E-state index in [1.807, 2.05) is 19.3 Å². The molecular weight excluding hydrogens is 280 g/mol. The average Bonchev–Trinajstić information content (AvgIpc) is 3.12. The normalized spacial score (nSPS) is 15.0. The minimum absolute atomic E-state index is 0.773. The van der Waals surface area contributed by atoms with E-state index in [0.29, 0.717) is 0 Å². The number of aryl methyl sites for hydroxylation is 1. The number of anilines is 1. The van der Waals surface area contributed by atoms with Gasteiger partial charge in [-0.05, 0) is 53.2 Å². The van der Waals surface area contributed by atoms with Crippen LogP contribution in [0.1, 0.15) is 18.4 Å². The molecule has 1 aromatic heterocycles. The lowest BCUT2D eigenvalue weighted by atomic mass is 10.3. The van der Waals surface area contributed by atoms with Crippen LogP contribution in [0, 0.1) is 12.8 Å². The van der Waals surface area contributed by atoms with E-state index in [9.17, 15) is 0 Å². The predicted molar refractivity (Wildman–Crippen MR) is 73.5 cm³/mol. The summed E-state index contributed by atoms with van der Waals surface area (Å²) in [4.78, 5) is 6.52. The number of hydrogen-bond acceptors (Lipinski definition) is 3. The van der Waals surface area contributed by atoms with E-state index in [0.717, 1.165) is 36.0 Å². The molecule has 3 nitrogen and oxygen atoms in total. The van der Waals surface area contributed by atoms with E-state index in [1.54, 1.807) is 0 Å². The third-order valence-corrected chi connectivity index (χ3v) is 4.03. The number of hydrogen-bond donors (Lipinski definition) is 0. The molecule has 2 rings (SSSR count). The van der Waals surface area contributed by atoms with Crippen LogP contribution in [0.4, 0.5) is 5.82 Å². The smallest absolute Gasteiger partial charge is 0.142 e. The Labute approximate surface area is 111 Å². The van der Waals surface area contributed by atoms with Crippen molar-refractivity contribution in [3.05, 3.63) is 22.3 Å². The van der Waals surface area contributed by atoms with Crippen LogP contribution in [0.2, 0.25) is 0 Å². The van der Waals surface area contributed by atoms with Gasteiger partial charge in [0.05, 0.1) is 11.1 Å².